The lowest BCUT2D eigenvalue weighted by Gasteiger charge is -2.33. The average molecular weight is 469 g/mol. The molecule has 186 valence electrons. The smallest absolute Gasteiger partial charge is 0.225 e. The van der Waals surface area contributed by atoms with Crippen LogP contribution in [0.2, 0.25) is 0 Å². The summed E-state index contributed by atoms with van der Waals surface area (Å²) in [5.41, 5.74) is 3.17. The molecule has 1 aliphatic rings. The molecule has 1 aliphatic carbocycles. The van der Waals surface area contributed by atoms with Gasteiger partial charge in [0.15, 0.2) is 0 Å². The van der Waals surface area contributed by atoms with Crippen molar-refractivity contribution in [3.8, 4) is 11.5 Å². The van der Waals surface area contributed by atoms with Gasteiger partial charge in [0, 0.05) is 35.7 Å². The van der Waals surface area contributed by atoms with E-state index < -0.39 is 0 Å². The van der Waals surface area contributed by atoms with Crippen LogP contribution in [0.5, 0.6) is 11.5 Å². The largest absolute Gasteiger partial charge is 0.497 e. The molecular formula is C27H40N4O3. The van der Waals surface area contributed by atoms with Gasteiger partial charge >= 0.3 is 0 Å². The van der Waals surface area contributed by atoms with Gasteiger partial charge in [0.05, 0.1) is 19.9 Å². The van der Waals surface area contributed by atoms with E-state index >= 15 is 0 Å². The summed E-state index contributed by atoms with van der Waals surface area (Å²) in [4.78, 5) is 21.5. The number of hydrogen-bond donors (Lipinski definition) is 2. The van der Waals surface area contributed by atoms with E-state index in [9.17, 15) is 4.79 Å². The molecule has 2 aromatic rings. The molecule has 0 amide bonds. The molecule has 0 unspecified atom stereocenters. The number of carbonyl (C=O) groups is 1. The Morgan fingerprint density at radius 3 is 2.62 bits per heavy atom. The maximum Gasteiger partial charge on any atom is 0.225 e. The first kappa shape index (κ1) is 25.8. The predicted octanol–water partition coefficient (Wildman–Crippen LogP) is 5.71. The topological polar surface area (TPSA) is 85.4 Å². The molecular weight excluding hydrogens is 428 g/mol. The molecule has 0 saturated heterocycles. The third-order valence-electron chi connectivity index (χ3n) is 6.65. The molecule has 7 nitrogen and oxygen atoms in total. The van der Waals surface area contributed by atoms with E-state index in [4.69, 9.17) is 19.4 Å². The quantitative estimate of drug-likeness (QED) is 0.389. The Balaban J connectivity index is 1.86. The molecule has 1 heterocycles. The molecule has 1 atom stereocenters. The lowest BCUT2D eigenvalue weighted by Crippen LogP contribution is -2.36. The summed E-state index contributed by atoms with van der Waals surface area (Å²) in [6.07, 6.45) is 8.85. The van der Waals surface area contributed by atoms with Crippen LogP contribution in [-0.4, -0.2) is 35.5 Å². The molecule has 0 fully saturated rings. The normalized spacial score (nSPS) is 14.6. The Morgan fingerprint density at radius 2 is 1.91 bits per heavy atom. The highest BCUT2D eigenvalue weighted by atomic mass is 16.5. The number of nitrogens with zero attached hydrogens (tertiary/aromatic N) is 2. The van der Waals surface area contributed by atoms with E-state index in [-0.39, 0.29) is 11.3 Å². The highest BCUT2D eigenvalue weighted by Crippen LogP contribution is 2.32. The van der Waals surface area contributed by atoms with Gasteiger partial charge in [-0.1, -0.05) is 19.8 Å². The van der Waals surface area contributed by atoms with E-state index in [1.807, 2.05) is 18.2 Å². The maximum atomic E-state index is 11.7. The first-order valence-corrected chi connectivity index (χ1v) is 12.5. The van der Waals surface area contributed by atoms with Gasteiger partial charge in [-0.05, 0) is 64.5 Å². The molecule has 0 spiro atoms. The van der Waals surface area contributed by atoms with Crippen LogP contribution in [0.1, 0.15) is 82.5 Å². The van der Waals surface area contributed by atoms with Crippen LogP contribution in [0.3, 0.4) is 0 Å². The summed E-state index contributed by atoms with van der Waals surface area (Å²) in [5.74, 6) is 3.28. The maximum absolute atomic E-state index is 11.7. The van der Waals surface area contributed by atoms with Crippen molar-refractivity contribution in [1.82, 2.24) is 9.97 Å². The van der Waals surface area contributed by atoms with Crippen molar-refractivity contribution in [1.29, 1.82) is 0 Å². The number of anilines is 2. The third-order valence-corrected chi connectivity index (χ3v) is 6.65. The zero-order chi connectivity index (χ0) is 24.6. The summed E-state index contributed by atoms with van der Waals surface area (Å²) in [6.45, 7) is 6.64. The number of fused-ring (bicyclic) bond motifs is 1. The number of rotatable bonds is 13. The minimum absolute atomic E-state index is 0.183. The van der Waals surface area contributed by atoms with Crippen molar-refractivity contribution in [3.05, 3.63) is 35.0 Å². The van der Waals surface area contributed by atoms with Gasteiger partial charge in [-0.2, -0.15) is 4.98 Å². The van der Waals surface area contributed by atoms with Crippen LogP contribution in [0, 0.1) is 0 Å². The Labute approximate surface area is 204 Å². The first-order valence-electron chi connectivity index (χ1n) is 12.5. The molecule has 1 aromatic carbocycles. The van der Waals surface area contributed by atoms with Crippen LogP contribution in [0.4, 0.5) is 11.8 Å². The first-order chi connectivity index (χ1) is 16.4. The number of aromatic nitrogens is 2. The Bertz CT molecular complexity index is 979. The number of aryl methyl sites for hydroxylation is 1. The van der Waals surface area contributed by atoms with Gasteiger partial charge in [0.1, 0.15) is 23.1 Å². The van der Waals surface area contributed by atoms with Crippen LogP contribution >= 0.6 is 0 Å². The number of Topliss-reactive ketones (excluding diaryl/α,β-unsaturated/α-hetero) is 1. The molecule has 0 bridgehead atoms. The third kappa shape index (κ3) is 6.84. The van der Waals surface area contributed by atoms with Crippen LogP contribution in [-0.2, 0) is 24.2 Å². The Morgan fingerprint density at radius 1 is 1.12 bits per heavy atom. The minimum Gasteiger partial charge on any atom is -0.497 e. The van der Waals surface area contributed by atoms with E-state index in [1.165, 1.54) is 5.56 Å². The molecule has 0 aliphatic heterocycles. The summed E-state index contributed by atoms with van der Waals surface area (Å²) in [6, 6.07) is 5.80. The summed E-state index contributed by atoms with van der Waals surface area (Å²) in [7, 11) is 3.31. The minimum atomic E-state index is -0.183. The number of hydrogen-bond acceptors (Lipinski definition) is 7. The molecule has 0 saturated carbocycles. The fourth-order valence-electron chi connectivity index (χ4n) is 4.50. The van der Waals surface area contributed by atoms with Gasteiger partial charge in [0.25, 0.3) is 0 Å². The molecule has 1 aromatic heterocycles. The summed E-state index contributed by atoms with van der Waals surface area (Å²) in [5, 5.41) is 7.17. The number of methoxy groups -OCH3 is 2. The number of benzene rings is 1. The van der Waals surface area contributed by atoms with Crippen LogP contribution in [0.25, 0.3) is 0 Å². The lowest BCUT2D eigenvalue weighted by atomic mass is 9.88. The Kier molecular flexibility index (Phi) is 9.13. The van der Waals surface area contributed by atoms with Gasteiger partial charge in [-0.15, -0.1) is 0 Å². The zero-order valence-electron chi connectivity index (χ0n) is 21.4. The van der Waals surface area contributed by atoms with Crippen molar-refractivity contribution < 1.29 is 14.3 Å². The molecule has 7 heteroatoms. The number of unbranched alkanes of at least 4 members (excludes halogenated alkanes) is 1. The van der Waals surface area contributed by atoms with E-state index in [1.54, 1.807) is 21.1 Å². The number of carbonyl (C=O) groups excluding carboxylic acids is 1. The van der Waals surface area contributed by atoms with Crippen molar-refractivity contribution in [2.24, 2.45) is 0 Å². The number of ether oxygens (including phenoxy) is 2. The molecule has 0 radical (unpaired) electrons. The average Bonchev–Trinajstić information content (AvgIpc) is 2.85. The van der Waals surface area contributed by atoms with Gasteiger partial charge in [-0.3, -0.25) is 0 Å². The SMILES string of the molecule is CCCC[C@](C)(CCC(C)=O)Nc1nc(NCc2ccc(OC)cc2OC)nc2c1CCCC2. The lowest BCUT2D eigenvalue weighted by molar-refractivity contribution is -0.117. The number of ketones is 1. The van der Waals surface area contributed by atoms with E-state index in [0.29, 0.717) is 18.9 Å². The second-order valence-corrected chi connectivity index (χ2v) is 9.55. The molecule has 3 rings (SSSR count). The summed E-state index contributed by atoms with van der Waals surface area (Å²) >= 11 is 0. The van der Waals surface area contributed by atoms with Crippen molar-refractivity contribution >= 4 is 17.5 Å². The fourth-order valence-corrected chi connectivity index (χ4v) is 4.50. The van der Waals surface area contributed by atoms with Crippen molar-refractivity contribution in [2.75, 3.05) is 24.9 Å². The van der Waals surface area contributed by atoms with Crippen molar-refractivity contribution in [3.63, 3.8) is 0 Å². The zero-order valence-corrected chi connectivity index (χ0v) is 21.4. The van der Waals surface area contributed by atoms with Gasteiger partial charge < -0.3 is 24.9 Å². The molecule has 2 N–H and O–H groups in total. The van der Waals surface area contributed by atoms with E-state index in [0.717, 1.165) is 79.9 Å². The molecule has 34 heavy (non-hydrogen) atoms. The second-order valence-electron chi connectivity index (χ2n) is 9.55. The second kappa shape index (κ2) is 12.0. The highest BCUT2D eigenvalue weighted by molar-refractivity contribution is 5.75. The van der Waals surface area contributed by atoms with Crippen LogP contribution < -0.4 is 20.1 Å². The Hall–Kier alpha value is -2.83. The highest BCUT2D eigenvalue weighted by Gasteiger charge is 2.27. The number of nitrogens with one attached hydrogen (secondary N) is 2. The van der Waals surface area contributed by atoms with E-state index in [2.05, 4.69) is 24.5 Å². The van der Waals surface area contributed by atoms with Crippen molar-refractivity contribution in [2.45, 2.75) is 90.6 Å². The monoisotopic (exact) mass is 468 g/mol. The van der Waals surface area contributed by atoms with Gasteiger partial charge in [0.2, 0.25) is 5.95 Å². The summed E-state index contributed by atoms with van der Waals surface area (Å²) < 4.78 is 10.8. The fraction of sp³-hybridized carbons (Fsp3) is 0.593. The predicted molar refractivity (Wildman–Crippen MR) is 137 cm³/mol. The van der Waals surface area contributed by atoms with Crippen LogP contribution in [0.15, 0.2) is 18.2 Å². The standard InChI is InChI=1S/C27H40N4O3/c1-6-7-15-27(3,16-14-19(2)32)31-25-22-10-8-9-11-23(22)29-26(30-25)28-18-20-12-13-21(33-4)17-24(20)34-5/h12-13,17H,6-11,14-16,18H2,1-5H3,(H2,28,29,30,31)/t27-/m1/s1. The van der Waals surface area contributed by atoms with Gasteiger partial charge in [-0.25, -0.2) is 4.98 Å².